The highest BCUT2D eigenvalue weighted by Gasteiger charge is 2.19. The fourth-order valence-corrected chi connectivity index (χ4v) is 2.90. The largest absolute Gasteiger partial charge is 0.308 e. The molecule has 2 amide bonds. The average Bonchev–Trinajstić information content (AvgIpc) is 3.35. The summed E-state index contributed by atoms with van der Waals surface area (Å²) < 4.78 is 3.29. The van der Waals surface area contributed by atoms with Crippen LogP contribution in [0.4, 0.5) is 0 Å². The first kappa shape index (κ1) is 17.2. The third-order valence-corrected chi connectivity index (χ3v) is 4.20. The molecule has 0 aliphatic heterocycles. The fourth-order valence-electron chi connectivity index (χ4n) is 2.90. The van der Waals surface area contributed by atoms with Crippen molar-refractivity contribution in [3.8, 4) is 5.82 Å². The van der Waals surface area contributed by atoms with E-state index >= 15 is 0 Å². The van der Waals surface area contributed by atoms with Crippen LogP contribution in [0.5, 0.6) is 0 Å². The number of aryl methyl sites for hydroxylation is 1. The minimum Gasteiger partial charge on any atom is -0.308 e. The first-order valence-corrected chi connectivity index (χ1v) is 8.29. The van der Waals surface area contributed by atoms with Crippen molar-refractivity contribution in [2.24, 2.45) is 7.05 Å². The van der Waals surface area contributed by atoms with E-state index in [1.54, 1.807) is 53.0 Å². The number of aromatic nitrogens is 5. The van der Waals surface area contributed by atoms with Crippen LogP contribution in [-0.2, 0) is 7.05 Å². The number of hydrogen-bond acceptors (Lipinski definition) is 5. The van der Waals surface area contributed by atoms with Gasteiger partial charge in [-0.05, 0) is 18.2 Å². The number of rotatable bonds is 3. The van der Waals surface area contributed by atoms with Crippen molar-refractivity contribution in [3.05, 3.63) is 76.6 Å². The van der Waals surface area contributed by atoms with Crippen molar-refractivity contribution < 1.29 is 9.59 Å². The summed E-state index contributed by atoms with van der Waals surface area (Å²) >= 11 is 0. The summed E-state index contributed by atoms with van der Waals surface area (Å²) in [6.07, 6.45) is 4.97. The van der Waals surface area contributed by atoms with E-state index in [1.807, 2.05) is 12.1 Å². The number of carbonyl (C=O) groups excluding carboxylic acids is 2. The quantitative estimate of drug-likeness (QED) is 0.449. The number of hydrazine groups is 1. The molecule has 3 aromatic heterocycles. The number of benzene rings is 1. The second-order valence-corrected chi connectivity index (χ2v) is 5.95. The predicted molar refractivity (Wildman–Crippen MR) is 99.8 cm³/mol. The first-order chi connectivity index (χ1) is 13.6. The summed E-state index contributed by atoms with van der Waals surface area (Å²) in [5, 5.41) is 10.9. The summed E-state index contributed by atoms with van der Waals surface area (Å²) in [4.78, 5) is 36.9. The molecule has 4 rings (SSSR count). The Morgan fingerprint density at radius 3 is 2.43 bits per heavy atom. The second kappa shape index (κ2) is 6.83. The van der Waals surface area contributed by atoms with E-state index in [1.165, 1.54) is 6.20 Å². The molecule has 0 bridgehead atoms. The zero-order chi connectivity index (χ0) is 19.7. The standard InChI is InChI=1S/C18H15N7O3/c1-24-18(25-8-4-5-9-25)13(10-19-24)16(27)22-23-17(28)14-11-6-2-3-7-12(11)15(26)21-20-14/h2-10H,1H3,(H,21,26)(H,22,27)(H,23,28). The third-order valence-electron chi connectivity index (χ3n) is 4.20. The van der Waals surface area contributed by atoms with Crippen LogP contribution in [0.3, 0.4) is 0 Å². The summed E-state index contributed by atoms with van der Waals surface area (Å²) in [7, 11) is 1.71. The molecule has 140 valence electrons. The number of H-pyrrole nitrogens is 1. The van der Waals surface area contributed by atoms with Crippen LogP contribution in [0.15, 0.2) is 59.8 Å². The van der Waals surface area contributed by atoms with Crippen molar-refractivity contribution in [2.45, 2.75) is 0 Å². The molecule has 0 atom stereocenters. The Balaban J connectivity index is 1.56. The van der Waals surface area contributed by atoms with Gasteiger partial charge in [0.05, 0.1) is 11.6 Å². The van der Waals surface area contributed by atoms with Crippen LogP contribution in [0, 0.1) is 0 Å². The van der Waals surface area contributed by atoms with Gasteiger partial charge in [-0.15, -0.1) is 0 Å². The Hall–Kier alpha value is -4.21. The second-order valence-electron chi connectivity index (χ2n) is 5.95. The van der Waals surface area contributed by atoms with Crippen molar-refractivity contribution in [1.29, 1.82) is 0 Å². The molecule has 4 aromatic rings. The van der Waals surface area contributed by atoms with Crippen molar-refractivity contribution in [1.82, 2.24) is 35.4 Å². The lowest BCUT2D eigenvalue weighted by atomic mass is 10.1. The van der Waals surface area contributed by atoms with Crippen LogP contribution in [-0.4, -0.2) is 36.4 Å². The number of nitrogens with zero attached hydrogens (tertiary/aromatic N) is 4. The third kappa shape index (κ3) is 2.92. The number of aromatic amines is 1. The van der Waals surface area contributed by atoms with Gasteiger partial charge in [0.2, 0.25) is 0 Å². The molecule has 0 fully saturated rings. The van der Waals surface area contributed by atoms with Gasteiger partial charge in [-0.25, -0.2) is 5.10 Å². The smallest absolute Gasteiger partial charge is 0.290 e. The van der Waals surface area contributed by atoms with E-state index in [4.69, 9.17) is 0 Å². The van der Waals surface area contributed by atoms with Crippen LogP contribution >= 0.6 is 0 Å². The van der Waals surface area contributed by atoms with E-state index < -0.39 is 17.4 Å². The maximum absolute atomic E-state index is 12.6. The molecular weight excluding hydrogens is 362 g/mol. The van der Waals surface area contributed by atoms with E-state index in [-0.39, 0.29) is 11.3 Å². The Bertz CT molecular complexity index is 1240. The lowest BCUT2D eigenvalue weighted by Crippen LogP contribution is -2.42. The van der Waals surface area contributed by atoms with Gasteiger partial charge in [0.15, 0.2) is 5.69 Å². The van der Waals surface area contributed by atoms with E-state index in [0.717, 1.165) is 0 Å². The summed E-state index contributed by atoms with van der Waals surface area (Å²) in [6.45, 7) is 0. The lowest BCUT2D eigenvalue weighted by molar-refractivity contribution is 0.0844. The molecule has 10 heteroatoms. The zero-order valence-electron chi connectivity index (χ0n) is 14.7. The van der Waals surface area contributed by atoms with E-state index in [2.05, 4.69) is 26.1 Å². The molecule has 28 heavy (non-hydrogen) atoms. The van der Waals surface area contributed by atoms with Crippen molar-refractivity contribution in [2.75, 3.05) is 0 Å². The molecule has 1 aromatic carbocycles. The van der Waals surface area contributed by atoms with E-state index in [0.29, 0.717) is 16.6 Å². The topological polar surface area (TPSA) is 127 Å². The van der Waals surface area contributed by atoms with Crippen LogP contribution < -0.4 is 16.4 Å². The first-order valence-electron chi connectivity index (χ1n) is 8.29. The number of fused-ring (bicyclic) bond motifs is 1. The molecule has 0 aliphatic carbocycles. The minimum atomic E-state index is -0.660. The maximum atomic E-state index is 12.6. The lowest BCUT2D eigenvalue weighted by Gasteiger charge is -2.10. The maximum Gasteiger partial charge on any atom is 0.290 e. The molecule has 10 nitrogen and oxygen atoms in total. The molecule has 0 saturated carbocycles. The molecule has 0 saturated heterocycles. The molecule has 3 N–H and O–H groups in total. The highest BCUT2D eigenvalue weighted by molar-refractivity contribution is 6.06. The Labute approximate surface area is 157 Å². The normalized spacial score (nSPS) is 10.8. The van der Waals surface area contributed by atoms with Gasteiger partial charge >= 0.3 is 0 Å². The number of carbonyl (C=O) groups is 2. The molecule has 0 radical (unpaired) electrons. The van der Waals surface area contributed by atoms with Gasteiger partial charge in [0, 0.05) is 24.8 Å². The predicted octanol–water partition coefficient (Wildman–Crippen LogP) is 0.522. The highest BCUT2D eigenvalue weighted by atomic mass is 16.2. The molecule has 0 aliphatic rings. The summed E-state index contributed by atoms with van der Waals surface area (Å²) in [5.41, 5.74) is 4.55. The van der Waals surface area contributed by atoms with Gasteiger partial charge < -0.3 is 4.57 Å². The van der Waals surface area contributed by atoms with Gasteiger partial charge in [0.1, 0.15) is 11.4 Å². The Morgan fingerprint density at radius 2 is 1.68 bits per heavy atom. The molecule has 3 heterocycles. The zero-order valence-corrected chi connectivity index (χ0v) is 14.7. The number of amides is 2. The average molecular weight is 377 g/mol. The fraction of sp³-hybridized carbons (Fsp3) is 0.0556. The van der Waals surface area contributed by atoms with Crippen molar-refractivity contribution >= 4 is 22.6 Å². The van der Waals surface area contributed by atoms with Gasteiger partial charge in [-0.3, -0.25) is 29.9 Å². The highest BCUT2D eigenvalue weighted by Crippen LogP contribution is 2.14. The van der Waals surface area contributed by atoms with Crippen LogP contribution in [0.25, 0.3) is 16.6 Å². The summed E-state index contributed by atoms with van der Waals surface area (Å²) in [6, 6.07) is 10.2. The molecule has 0 spiro atoms. The van der Waals surface area contributed by atoms with Gasteiger partial charge in [-0.1, -0.05) is 18.2 Å². The minimum absolute atomic E-state index is 0.00711. The Kier molecular flexibility index (Phi) is 4.20. The number of nitrogens with one attached hydrogen (secondary N) is 3. The monoisotopic (exact) mass is 377 g/mol. The van der Waals surface area contributed by atoms with Crippen LogP contribution in [0.2, 0.25) is 0 Å². The van der Waals surface area contributed by atoms with Crippen LogP contribution in [0.1, 0.15) is 20.8 Å². The SMILES string of the molecule is Cn1ncc(C(=O)NNC(=O)c2n[nH]c(=O)c3ccccc23)c1-n1cccc1. The Morgan fingerprint density at radius 1 is 1.00 bits per heavy atom. The molecule has 0 unspecified atom stereocenters. The van der Waals surface area contributed by atoms with Gasteiger partial charge in [-0.2, -0.15) is 10.2 Å². The van der Waals surface area contributed by atoms with Crippen molar-refractivity contribution in [3.63, 3.8) is 0 Å². The molecular formula is C18H15N7O3. The van der Waals surface area contributed by atoms with E-state index in [9.17, 15) is 14.4 Å². The summed E-state index contributed by atoms with van der Waals surface area (Å²) in [5.74, 6) is -0.657. The number of hydrogen-bond donors (Lipinski definition) is 3. The van der Waals surface area contributed by atoms with Gasteiger partial charge in [0.25, 0.3) is 17.4 Å².